The molecule has 1 amide bonds. The highest BCUT2D eigenvalue weighted by Crippen LogP contribution is 2.08. The van der Waals surface area contributed by atoms with Crippen molar-refractivity contribution in [2.24, 2.45) is 7.05 Å². The van der Waals surface area contributed by atoms with Gasteiger partial charge < -0.3 is 10.6 Å². The molecule has 1 unspecified atom stereocenters. The van der Waals surface area contributed by atoms with Crippen LogP contribution in [0.15, 0.2) is 6.20 Å². The lowest BCUT2D eigenvalue weighted by Crippen LogP contribution is -2.35. The van der Waals surface area contributed by atoms with Gasteiger partial charge in [0.1, 0.15) is 0 Å². The van der Waals surface area contributed by atoms with Crippen molar-refractivity contribution in [1.29, 1.82) is 0 Å². The fourth-order valence-corrected chi connectivity index (χ4v) is 2.24. The number of nitrogens with one attached hydrogen (secondary N) is 2. The molecule has 0 radical (unpaired) electrons. The molecule has 2 heterocycles. The molecule has 0 spiro atoms. The number of hydrogen-bond acceptors (Lipinski definition) is 3. The third-order valence-electron chi connectivity index (χ3n) is 3.12. The second-order valence-corrected chi connectivity index (χ2v) is 4.56. The molecule has 5 nitrogen and oxygen atoms in total. The Bertz CT molecular complexity index is 399. The normalized spacial score (nSPS) is 19.6. The minimum Gasteiger partial charge on any atom is -0.352 e. The van der Waals surface area contributed by atoms with Gasteiger partial charge >= 0.3 is 0 Å². The summed E-state index contributed by atoms with van der Waals surface area (Å²) in [5.74, 6) is 0.174. The maximum atomic E-state index is 11.0. The van der Waals surface area contributed by atoms with E-state index in [1.54, 1.807) is 0 Å². The summed E-state index contributed by atoms with van der Waals surface area (Å²) < 4.78 is 1.85. The molecule has 1 atom stereocenters. The predicted octanol–water partition coefficient (Wildman–Crippen LogP) is 0.351. The summed E-state index contributed by atoms with van der Waals surface area (Å²) in [7, 11) is 1.94. The van der Waals surface area contributed by atoms with Crippen molar-refractivity contribution in [2.45, 2.75) is 38.8 Å². The number of carbonyl (C=O) groups excluding carboxylic acids is 1. The van der Waals surface area contributed by atoms with Crippen molar-refractivity contribution < 1.29 is 4.79 Å². The molecule has 1 aromatic rings. The van der Waals surface area contributed by atoms with Crippen molar-refractivity contribution in [1.82, 2.24) is 20.4 Å². The molecule has 2 N–H and O–H groups in total. The van der Waals surface area contributed by atoms with Crippen molar-refractivity contribution >= 4 is 5.91 Å². The third kappa shape index (κ3) is 3.06. The van der Waals surface area contributed by atoms with E-state index < -0.39 is 0 Å². The molecule has 94 valence electrons. The Morgan fingerprint density at radius 3 is 3.12 bits per heavy atom. The van der Waals surface area contributed by atoms with Crippen molar-refractivity contribution in [3.63, 3.8) is 0 Å². The molecular formula is C12H20N4O. The van der Waals surface area contributed by atoms with E-state index in [4.69, 9.17) is 0 Å². The van der Waals surface area contributed by atoms with Gasteiger partial charge in [0.2, 0.25) is 5.91 Å². The Hall–Kier alpha value is -1.36. The number of nitrogens with zero attached hydrogens (tertiary/aromatic N) is 2. The van der Waals surface area contributed by atoms with Gasteiger partial charge in [-0.25, -0.2) is 0 Å². The molecule has 0 saturated carbocycles. The summed E-state index contributed by atoms with van der Waals surface area (Å²) >= 11 is 0. The molecule has 2 rings (SSSR count). The van der Waals surface area contributed by atoms with E-state index in [0.29, 0.717) is 12.5 Å². The van der Waals surface area contributed by atoms with Crippen LogP contribution >= 0.6 is 0 Å². The maximum absolute atomic E-state index is 11.0. The van der Waals surface area contributed by atoms with Crippen LogP contribution in [0.4, 0.5) is 0 Å². The van der Waals surface area contributed by atoms with Crippen LogP contribution in [-0.4, -0.2) is 28.3 Å². The number of hydrogen-bond donors (Lipinski definition) is 2. The number of carbonyl (C=O) groups is 1. The largest absolute Gasteiger partial charge is 0.352 e. The first kappa shape index (κ1) is 12.1. The quantitative estimate of drug-likeness (QED) is 0.775. The van der Waals surface area contributed by atoms with Gasteiger partial charge in [-0.2, -0.15) is 5.10 Å². The second kappa shape index (κ2) is 5.31. The molecule has 0 bridgehead atoms. The van der Waals surface area contributed by atoms with Gasteiger partial charge in [-0.1, -0.05) is 6.92 Å². The molecule has 1 fully saturated rings. The Morgan fingerprint density at radius 2 is 2.47 bits per heavy atom. The van der Waals surface area contributed by atoms with Gasteiger partial charge in [0.15, 0.2) is 0 Å². The zero-order valence-corrected chi connectivity index (χ0v) is 10.5. The first-order valence-corrected chi connectivity index (χ1v) is 6.20. The first-order chi connectivity index (χ1) is 8.19. The lowest BCUT2D eigenvalue weighted by Gasteiger charge is -2.10. The number of aryl methyl sites for hydroxylation is 2. The molecule has 1 aliphatic rings. The van der Waals surface area contributed by atoms with E-state index in [0.717, 1.165) is 31.6 Å². The average molecular weight is 236 g/mol. The van der Waals surface area contributed by atoms with Gasteiger partial charge in [-0.05, 0) is 12.8 Å². The van der Waals surface area contributed by atoms with Gasteiger partial charge in [-0.3, -0.25) is 9.48 Å². The van der Waals surface area contributed by atoms with Gasteiger partial charge in [0.25, 0.3) is 0 Å². The molecule has 0 aliphatic carbocycles. The SMILES string of the molecule is CCc1nn(C)cc1CNCC1CCC(=O)N1. The van der Waals surface area contributed by atoms with Crippen LogP contribution < -0.4 is 10.6 Å². The van der Waals surface area contributed by atoms with E-state index in [1.165, 1.54) is 5.56 Å². The monoisotopic (exact) mass is 236 g/mol. The fraction of sp³-hybridized carbons (Fsp3) is 0.667. The van der Waals surface area contributed by atoms with Crippen LogP contribution in [0.1, 0.15) is 31.0 Å². The second-order valence-electron chi connectivity index (χ2n) is 4.56. The van der Waals surface area contributed by atoms with Crippen molar-refractivity contribution in [3.05, 3.63) is 17.5 Å². The van der Waals surface area contributed by atoms with Crippen LogP contribution in [0.25, 0.3) is 0 Å². The van der Waals surface area contributed by atoms with Crippen LogP contribution in [0.2, 0.25) is 0 Å². The minimum atomic E-state index is 0.174. The Balaban J connectivity index is 1.79. The standard InChI is InChI=1S/C12H20N4O/c1-3-11-9(8-16(2)15-11)6-13-7-10-4-5-12(17)14-10/h8,10,13H,3-7H2,1-2H3,(H,14,17). The summed E-state index contributed by atoms with van der Waals surface area (Å²) in [6.45, 7) is 3.77. The lowest BCUT2D eigenvalue weighted by molar-refractivity contribution is -0.119. The van der Waals surface area contributed by atoms with Gasteiger partial charge in [0.05, 0.1) is 5.69 Å². The highest BCUT2D eigenvalue weighted by Gasteiger charge is 2.19. The highest BCUT2D eigenvalue weighted by atomic mass is 16.1. The van der Waals surface area contributed by atoms with E-state index in [2.05, 4.69) is 28.9 Å². The molecule has 1 saturated heterocycles. The molecule has 17 heavy (non-hydrogen) atoms. The van der Waals surface area contributed by atoms with Crippen LogP contribution in [0.5, 0.6) is 0 Å². The molecule has 0 aromatic carbocycles. The average Bonchev–Trinajstić information content (AvgIpc) is 2.85. The first-order valence-electron chi connectivity index (χ1n) is 6.20. The fourth-order valence-electron chi connectivity index (χ4n) is 2.24. The predicted molar refractivity (Wildman–Crippen MR) is 65.5 cm³/mol. The summed E-state index contributed by atoms with van der Waals surface area (Å²) in [6, 6.07) is 0.296. The minimum absolute atomic E-state index is 0.174. The van der Waals surface area contributed by atoms with E-state index >= 15 is 0 Å². The van der Waals surface area contributed by atoms with Gasteiger partial charge in [-0.15, -0.1) is 0 Å². The molecular weight excluding hydrogens is 216 g/mol. The zero-order valence-electron chi connectivity index (χ0n) is 10.5. The van der Waals surface area contributed by atoms with Crippen molar-refractivity contribution in [3.8, 4) is 0 Å². The summed E-state index contributed by atoms with van der Waals surface area (Å²) in [6.07, 6.45) is 4.62. The molecule has 1 aromatic heterocycles. The molecule has 5 heteroatoms. The Morgan fingerprint density at radius 1 is 1.65 bits per heavy atom. The summed E-state index contributed by atoms with van der Waals surface area (Å²) in [4.78, 5) is 11.0. The van der Waals surface area contributed by atoms with Crippen LogP contribution in [0.3, 0.4) is 0 Å². The number of rotatable bonds is 5. The van der Waals surface area contributed by atoms with Crippen LogP contribution in [0, 0.1) is 0 Å². The van der Waals surface area contributed by atoms with E-state index in [-0.39, 0.29) is 5.91 Å². The Kier molecular flexibility index (Phi) is 3.78. The van der Waals surface area contributed by atoms with Gasteiger partial charge in [0, 0.05) is 44.4 Å². The van der Waals surface area contributed by atoms with E-state index in [1.807, 2.05) is 11.7 Å². The zero-order chi connectivity index (χ0) is 12.3. The topological polar surface area (TPSA) is 59.0 Å². The van der Waals surface area contributed by atoms with Crippen LogP contribution in [-0.2, 0) is 24.8 Å². The maximum Gasteiger partial charge on any atom is 0.220 e. The molecule has 1 aliphatic heterocycles. The lowest BCUT2D eigenvalue weighted by atomic mass is 10.2. The summed E-state index contributed by atoms with van der Waals surface area (Å²) in [5, 5.41) is 10.7. The summed E-state index contributed by atoms with van der Waals surface area (Å²) in [5.41, 5.74) is 2.40. The smallest absolute Gasteiger partial charge is 0.220 e. The number of amides is 1. The number of aromatic nitrogens is 2. The third-order valence-corrected chi connectivity index (χ3v) is 3.12. The highest BCUT2D eigenvalue weighted by molar-refractivity contribution is 5.78. The van der Waals surface area contributed by atoms with Crippen molar-refractivity contribution in [2.75, 3.05) is 6.54 Å². The Labute approximate surface area is 102 Å². The van der Waals surface area contributed by atoms with E-state index in [9.17, 15) is 4.79 Å².